The molecule has 2 aromatic rings. The Morgan fingerprint density at radius 3 is 2.30 bits per heavy atom. The zero-order chi connectivity index (χ0) is 25.0. The first-order chi connectivity index (χ1) is 15.2. The summed E-state index contributed by atoms with van der Waals surface area (Å²) in [6.07, 6.45) is 1.13. The van der Waals surface area contributed by atoms with Crippen LogP contribution >= 0.6 is 0 Å². The Bertz CT molecular complexity index is 1070. The summed E-state index contributed by atoms with van der Waals surface area (Å²) in [6.45, 7) is 14.3. The van der Waals surface area contributed by atoms with E-state index in [1.54, 1.807) is 16.7 Å². The van der Waals surface area contributed by atoms with E-state index in [2.05, 4.69) is 5.32 Å². The monoisotopic (exact) mass is 459 g/mol. The van der Waals surface area contributed by atoms with Gasteiger partial charge < -0.3 is 25.1 Å². The van der Waals surface area contributed by atoms with Crippen LogP contribution in [-0.4, -0.2) is 28.7 Å². The largest absolute Gasteiger partial charge is 0.491 e. The number of nitrogens with zero attached hydrogens (tertiary/aromatic N) is 1. The van der Waals surface area contributed by atoms with Gasteiger partial charge in [-0.3, -0.25) is 9.59 Å². The number of amides is 2. The molecular formula is C25H37N3O5. The van der Waals surface area contributed by atoms with E-state index in [1.165, 1.54) is 6.07 Å². The van der Waals surface area contributed by atoms with Crippen LogP contribution in [0.3, 0.4) is 0 Å². The summed E-state index contributed by atoms with van der Waals surface area (Å²) >= 11 is 0. The van der Waals surface area contributed by atoms with Crippen LogP contribution in [0, 0.1) is 5.41 Å². The number of nitrogens with two attached hydrogens (primary N) is 1. The molecule has 1 heterocycles. The Morgan fingerprint density at radius 1 is 1.09 bits per heavy atom. The summed E-state index contributed by atoms with van der Waals surface area (Å²) < 4.78 is 13.3. The van der Waals surface area contributed by atoms with Crippen molar-refractivity contribution in [1.82, 2.24) is 9.88 Å². The van der Waals surface area contributed by atoms with Crippen LogP contribution in [0.25, 0.3) is 10.8 Å². The normalized spacial score (nSPS) is 12.0. The lowest BCUT2D eigenvalue weighted by Gasteiger charge is -2.26. The summed E-state index contributed by atoms with van der Waals surface area (Å²) in [7, 11) is 0. The number of carbonyl (C=O) groups is 2. The fourth-order valence-electron chi connectivity index (χ4n) is 3.36. The molecule has 0 aliphatic rings. The second-order valence-corrected chi connectivity index (χ2v) is 10.5. The molecule has 0 atom stereocenters. The van der Waals surface area contributed by atoms with E-state index in [4.69, 9.17) is 15.2 Å². The Balaban J connectivity index is 2.72. The second kappa shape index (κ2) is 10.3. The SMILES string of the molecule is CCCCOc1c(COC(=O)NC(C)(C)C)n(CC(C)(C)C)c(=O)c2ccc(C(N)=O)cc12. The van der Waals surface area contributed by atoms with Crippen molar-refractivity contribution in [3.63, 3.8) is 0 Å². The molecule has 3 N–H and O–H groups in total. The van der Waals surface area contributed by atoms with Crippen LogP contribution < -0.4 is 21.3 Å². The molecule has 0 saturated carbocycles. The topological polar surface area (TPSA) is 113 Å². The average Bonchev–Trinajstić information content (AvgIpc) is 2.67. The van der Waals surface area contributed by atoms with Crippen LogP contribution in [0.2, 0.25) is 0 Å². The molecule has 1 aromatic carbocycles. The predicted molar refractivity (Wildman–Crippen MR) is 130 cm³/mol. The van der Waals surface area contributed by atoms with E-state index in [9.17, 15) is 14.4 Å². The Kier molecular flexibility index (Phi) is 8.16. The van der Waals surface area contributed by atoms with Crippen LogP contribution in [0.4, 0.5) is 4.79 Å². The zero-order valence-electron chi connectivity index (χ0n) is 20.8. The number of hydrogen-bond donors (Lipinski definition) is 2. The zero-order valence-corrected chi connectivity index (χ0v) is 20.8. The molecule has 33 heavy (non-hydrogen) atoms. The first-order valence-corrected chi connectivity index (χ1v) is 11.3. The van der Waals surface area contributed by atoms with Gasteiger partial charge in [0.25, 0.3) is 5.56 Å². The highest BCUT2D eigenvalue weighted by atomic mass is 16.6. The standard InChI is InChI=1S/C25H37N3O5/c1-8-9-12-32-20-18-13-16(21(26)29)10-11-17(18)22(30)28(15-24(2,3)4)19(20)14-33-23(31)27-25(5,6)7/h10-11,13H,8-9,12,14-15H2,1-7H3,(H2,26,29)(H,27,31). The lowest BCUT2D eigenvalue weighted by atomic mass is 9.96. The highest BCUT2D eigenvalue weighted by Gasteiger charge is 2.24. The predicted octanol–water partition coefficient (Wildman–Crippen LogP) is 4.35. The molecule has 0 unspecified atom stereocenters. The summed E-state index contributed by atoms with van der Waals surface area (Å²) in [6, 6.07) is 4.71. The number of rotatable bonds is 8. The van der Waals surface area contributed by atoms with Crippen molar-refractivity contribution >= 4 is 22.8 Å². The van der Waals surface area contributed by atoms with Gasteiger partial charge in [-0.25, -0.2) is 4.79 Å². The smallest absolute Gasteiger partial charge is 0.407 e. The average molecular weight is 460 g/mol. The number of aromatic nitrogens is 1. The molecular weight excluding hydrogens is 422 g/mol. The maximum Gasteiger partial charge on any atom is 0.407 e. The number of carbonyl (C=O) groups excluding carboxylic acids is 2. The van der Waals surface area contributed by atoms with E-state index in [0.717, 1.165) is 12.8 Å². The molecule has 0 bridgehead atoms. The molecule has 0 radical (unpaired) electrons. The molecule has 2 rings (SSSR count). The van der Waals surface area contributed by atoms with Gasteiger partial charge in [0.15, 0.2) is 0 Å². The molecule has 0 aliphatic heterocycles. The van der Waals surface area contributed by atoms with Gasteiger partial charge in [0.1, 0.15) is 18.1 Å². The number of pyridine rings is 1. The Hall–Kier alpha value is -3.03. The van der Waals surface area contributed by atoms with Crippen molar-refractivity contribution in [2.45, 2.75) is 80.0 Å². The number of alkyl carbamates (subject to hydrolysis) is 1. The van der Waals surface area contributed by atoms with Crippen molar-refractivity contribution in [3.8, 4) is 5.75 Å². The number of benzene rings is 1. The number of ether oxygens (including phenoxy) is 2. The molecule has 0 aliphatic carbocycles. The lowest BCUT2D eigenvalue weighted by Crippen LogP contribution is -2.41. The number of unbranched alkanes of at least 4 members (excludes halogenated alkanes) is 1. The first-order valence-electron chi connectivity index (χ1n) is 11.3. The Morgan fingerprint density at radius 2 is 1.76 bits per heavy atom. The summed E-state index contributed by atoms with van der Waals surface area (Å²) in [5.41, 5.74) is 5.26. The molecule has 8 heteroatoms. The second-order valence-electron chi connectivity index (χ2n) is 10.5. The molecule has 1 aromatic heterocycles. The summed E-state index contributed by atoms with van der Waals surface area (Å²) in [5.74, 6) is -0.174. The van der Waals surface area contributed by atoms with Crippen LogP contribution in [0.15, 0.2) is 23.0 Å². The maximum absolute atomic E-state index is 13.5. The molecule has 2 amide bonds. The van der Waals surface area contributed by atoms with Crippen molar-refractivity contribution in [2.24, 2.45) is 11.1 Å². The van der Waals surface area contributed by atoms with E-state index < -0.39 is 17.5 Å². The number of nitrogens with one attached hydrogen (secondary N) is 1. The maximum atomic E-state index is 13.5. The van der Waals surface area contributed by atoms with Gasteiger partial charge in [-0.2, -0.15) is 0 Å². The third-order valence-electron chi connectivity index (χ3n) is 4.81. The summed E-state index contributed by atoms with van der Waals surface area (Å²) in [4.78, 5) is 37.7. The highest BCUT2D eigenvalue weighted by molar-refractivity contribution is 5.99. The van der Waals surface area contributed by atoms with Gasteiger partial charge in [0, 0.05) is 23.0 Å². The number of hydrogen-bond acceptors (Lipinski definition) is 5. The van der Waals surface area contributed by atoms with E-state index in [-0.39, 0.29) is 23.1 Å². The van der Waals surface area contributed by atoms with Gasteiger partial charge >= 0.3 is 6.09 Å². The quantitative estimate of drug-likeness (QED) is 0.570. The van der Waals surface area contributed by atoms with Gasteiger partial charge in [-0.05, 0) is 50.8 Å². The van der Waals surface area contributed by atoms with Crippen LogP contribution in [-0.2, 0) is 17.9 Å². The van der Waals surface area contributed by atoms with Gasteiger partial charge in [0.05, 0.1) is 12.0 Å². The van der Waals surface area contributed by atoms with Crippen LogP contribution in [0.1, 0.15) is 77.4 Å². The minimum Gasteiger partial charge on any atom is -0.491 e. The molecule has 0 spiro atoms. The fourth-order valence-corrected chi connectivity index (χ4v) is 3.36. The summed E-state index contributed by atoms with van der Waals surface area (Å²) in [5, 5.41) is 3.65. The molecule has 0 fully saturated rings. The first kappa shape index (κ1) is 26.2. The fraction of sp³-hybridized carbons (Fsp3) is 0.560. The van der Waals surface area contributed by atoms with E-state index in [1.807, 2.05) is 48.5 Å². The third kappa shape index (κ3) is 7.23. The van der Waals surface area contributed by atoms with Crippen molar-refractivity contribution < 1.29 is 19.1 Å². The van der Waals surface area contributed by atoms with E-state index >= 15 is 0 Å². The molecule has 182 valence electrons. The lowest BCUT2D eigenvalue weighted by molar-refractivity contribution is 0.1000. The molecule has 8 nitrogen and oxygen atoms in total. The number of primary amides is 1. The Labute approximate surface area is 195 Å². The van der Waals surface area contributed by atoms with Gasteiger partial charge in [0.2, 0.25) is 5.91 Å². The molecule has 0 saturated heterocycles. The van der Waals surface area contributed by atoms with Gasteiger partial charge in [-0.1, -0.05) is 34.1 Å². The minimum absolute atomic E-state index is 0.161. The number of fused-ring (bicyclic) bond motifs is 1. The van der Waals surface area contributed by atoms with Crippen LogP contribution in [0.5, 0.6) is 5.75 Å². The van der Waals surface area contributed by atoms with Crippen molar-refractivity contribution in [3.05, 3.63) is 39.8 Å². The van der Waals surface area contributed by atoms with Gasteiger partial charge in [-0.15, -0.1) is 0 Å². The highest BCUT2D eigenvalue weighted by Crippen LogP contribution is 2.31. The van der Waals surface area contributed by atoms with E-state index in [0.29, 0.717) is 35.4 Å². The van der Waals surface area contributed by atoms with Crippen molar-refractivity contribution in [2.75, 3.05) is 6.61 Å². The van der Waals surface area contributed by atoms with Crippen molar-refractivity contribution in [1.29, 1.82) is 0 Å². The minimum atomic E-state index is -0.599. The third-order valence-corrected chi connectivity index (χ3v) is 4.81.